The van der Waals surface area contributed by atoms with E-state index in [4.69, 9.17) is 20.3 Å². The van der Waals surface area contributed by atoms with Crippen LogP contribution in [0.5, 0.6) is 11.5 Å². The van der Waals surface area contributed by atoms with E-state index in [0.29, 0.717) is 22.5 Å². The van der Waals surface area contributed by atoms with Crippen molar-refractivity contribution in [3.63, 3.8) is 0 Å². The molecule has 4 rings (SSSR count). The Morgan fingerprint density at radius 3 is 2.47 bits per heavy atom. The van der Waals surface area contributed by atoms with Gasteiger partial charge in [0.25, 0.3) is 5.91 Å². The van der Waals surface area contributed by atoms with E-state index in [2.05, 4.69) is 34.1 Å². The normalized spacial score (nSPS) is 14.4. The molecule has 1 heterocycles. The van der Waals surface area contributed by atoms with Crippen molar-refractivity contribution in [3.05, 3.63) is 94.0 Å². The molecule has 1 aliphatic rings. The molecule has 3 aromatic rings. The predicted octanol–water partition coefficient (Wildman–Crippen LogP) is 4.63. The van der Waals surface area contributed by atoms with Crippen LogP contribution < -0.4 is 20.2 Å². The second-order valence-electron chi connectivity index (χ2n) is 7.17. The third kappa shape index (κ3) is 4.84. The first-order valence-electron chi connectivity index (χ1n) is 10.0. The summed E-state index contributed by atoms with van der Waals surface area (Å²) >= 11 is 3.52. The number of primary amides is 1. The standard InChI is InChI=1S/C25H22BrN3O3/c1-31-22-14-17(13-21(26)25(22)32-16-23(27)30)12-19-15-29(20-10-6-3-7-11-20)28-24(19)18-8-4-2-5-9-18/h2-14H,15-16H2,1H3,(H2,27,30)/b19-12+. The summed E-state index contributed by atoms with van der Waals surface area (Å²) < 4.78 is 11.7. The average molecular weight is 492 g/mol. The molecule has 0 saturated heterocycles. The van der Waals surface area contributed by atoms with Gasteiger partial charge in [0.15, 0.2) is 18.1 Å². The highest BCUT2D eigenvalue weighted by Gasteiger charge is 2.23. The Morgan fingerprint density at radius 2 is 1.81 bits per heavy atom. The molecule has 2 N–H and O–H groups in total. The third-order valence-corrected chi connectivity index (χ3v) is 5.49. The smallest absolute Gasteiger partial charge is 0.255 e. The highest BCUT2D eigenvalue weighted by molar-refractivity contribution is 9.10. The molecule has 6 nitrogen and oxygen atoms in total. The highest BCUT2D eigenvalue weighted by atomic mass is 79.9. The molecule has 32 heavy (non-hydrogen) atoms. The number of amides is 1. The number of hydrogen-bond donors (Lipinski definition) is 1. The minimum absolute atomic E-state index is 0.230. The minimum atomic E-state index is -0.555. The summed E-state index contributed by atoms with van der Waals surface area (Å²) in [5.74, 6) is 0.382. The van der Waals surface area contributed by atoms with Gasteiger partial charge in [-0.25, -0.2) is 0 Å². The second-order valence-corrected chi connectivity index (χ2v) is 8.02. The van der Waals surface area contributed by atoms with E-state index < -0.39 is 5.91 Å². The number of carbonyl (C=O) groups excluding carboxylic acids is 1. The van der Waals surface area contributed by atoms with Gasteiger partial charge < -0.3 is 15.2 Å². The summed E-state index contributed by atoms with van der Waals surface area (Å²) in [6.45, 7) is 0.403. The molecule has 1 amide bonds. The van der Waals surface area contributed by atoms with Gasteiger partial charge in [0.2, 0.25) is 0 Å². The van der Waals surface area contributed by atoms with Gasteiger partial charge >= 0.3 is 0 Å². The molecular formula is C25H22BrN3O3. The van der Waals surface area contributed by atoms with E-state index in [1.165, 1.54) is 0 Å². The maximum atomic E-state index is 11.1. The molecule has 0 fully saturated rings. The minimum Gasteiger partial charge on any atom is -0.493 e. The number of benzene rings is 3. The fraction of sp³-hybridized carbons (Fsp3) is 0.120. The first-order valence-corrected chi connectivity index (χ1v) is 10.8. The van der Waals surface area contributed by atoms with E-state index in [1.54, 1.807) is 7.11 Å². The van der Waals surface area contributed by atoms with E-state index in [9.17, 15) is 4.79 Å². The Hall–Kier alpha value is -3.58. The lowest BCUT2D eigenvalue weighted by Crippen LogP contribution is -2.20. The number of ether oxygens (including phenoxy) is 2. The number of anilines is 1. The molecule has 3 aromatic carbocycles. The molecule has 0 bridgehead atoms. The molecule has 0 spiro atoms. The fourth-order valence-electron chi connectivity index (χ4n) is 3.47. The Balaban J connectivity index is 1.72. The van der Waals surface area contributed by atoms with Crippen molar-refractivity contribution in [3.8, 4) is 11.5 Å². The fourth-order valence-corrected chi connectivity index (χ4v) is 4.04. The molecule has 0 saturated carbocycles. The number of rotatable bonds is 7. The van der Waals surface area contributed by atoms with Crippen LogP contribution in [-0.2, 0) is 4.79 Å². The maximum Gasteiger partial charge on any atom is 0.255 e. The van der Waals surface area contributed by atoms with Crippen molar-refractivity contribution < 1.29 is 14.3 Å². The monoisotopic (exact) mass is 491 g/mol. The molecule has 0 aliphatic carbocycles. The number of nitrogens with two attached hydrogens (primary N) is 1. The topological polar surface area (TPSA) is 77.2 Å². The van der Waals surface area contributed by atoms with Crippen molar-refractivity contribution in [2.24, 2.45) is 10.8 Å². The summed E-state index contributed by atoms with van der Waals surface area (Å²) in [6, 6.07) is 24.0. The van der Waals surface area contributed by atoms with Crippen LogP contribution in [0.2, 0.25) is 0 Å². The number of carbonyl (C=O) groups is 1. The lowest BCUT2D eigenvalue weighted by molar-refractivity contribution is -0.119. The van der Waals surface area contributed by atoms with E-state index in [0.717, 1.165) is 28.1 Å². The summed E-state index contributed by atoms with van der Waals surface area (Å²) in [4.78, 5) is 11.1. The largest absolute Gasteiger partial charge is 0.493 e. The quantitative estimate of drug-likeness (QED) is 0.522. The molecule has 0 unspecified atom stereocenters. The summed E-state index contributed by atoms with van der Waals surface area (Å²) in [5, 5.41) is 6.89. The van der Waals surface area contributed by atoms with Crippen molar-refractivity contribution in [2.75, 3.05) is 25.3 Å². The molecule has 0 aromatic heterocycles. The lowest BCUT2D eigenvalue weighted by Gasteiger charge is -2.14. The van der Waals surface area contributed by atoms with Gasteiger partial charge in [-0.2, -0.15) is 5.10 Å². The van der Waals surface area contributed by atoms with Gasteiger partial charge in [0, 0.05) is 11.1 Å². The van der Waals surface area contributed by atoms with Crippen LogP contribution in [0.25, 0.3) is 6.08 Å². The van der Waals surface area contributed by atoms with Gasteiger partial charge in [0.1, 0.15) is 0 Å². The molecule has 0 radical (unpaired) electrons. The summed E-state index contributed by atoms with van der Waals surface area (Å²) in [5.41, 5.74) is 10.2. The Morgan fingerprint density at radius 1 is 1.12 bits per heavy atom. The summed E-state index contributed by atoms with van der Waals surface area (Å²) in [6.07, 6.45) is 2.08. The van der Waals surface area contributed by atoms with Crippen molar-refractivity contribution in [2.45, 2.75) is 0 Å². The van der Waals surface area contributed by atoms with Gasteiger partial charge in [0.05, 0.1) is 29.5 Å². The number of para-hydroxylation sites is 1. The number of nitrogens with zero attached hydrogens (tertiary/aromatic N) is 2. The van der Waals surface area contributed by atoms with Crippen LogP contribution in [0.3, 0.4) is 0 Å². The molecule has 0 atom stereocenters. The van der Waals surface area contributed by atoms with E-state index in [1.807, 2.05) is 65.7 Å². The zero-order valence-electron chi connectivity index (χ0n) is 17.5. The van der Waals surface area contributed by atoms with Crippen molar-refractivity contribution in [1.82, 2.24) is 0 Å². The van der Waals surface area contributed by atoms with Crippen molar-refractivity contribution in [1.29, 1.82) is 0 Å². The number of hydrazone groups is 1. The Labute approximate surface area is 195 Å². The lowest BCUT2D eigenvalue weighted by atomic mass is 10.0. The average Bonchev–Trinajstić information content (AvgIpc) is 3.23. The van der Waals surface area contributed by atoms with Crippen LogP contribution in [0.1, 0.15) is 11.1 Å². The van der Waals surface area contributed by atoms with Gasteiger partial charge in [-0.15, -0.1) is 0 Å². The SMILES string of the molecule is COc1cc(/C=C2\CN(c3ccccc3)N=C2c2ccccc2)cc(Br)c1OCC(N)=O. The number of hydrogen-bond acceptors (Lipinski definition) is 5. The third-order valence-electron chi connectivity index (χ3n) is 4.90. The second kappa shape index (κ2) is 9.70. The maximum absolute atomic E-state index is 11.1. The van der Waals surface area contributed by atoms with Gasteiger partial charge in [-0.05, 0) is 51.8 Å². The molecular weight excluding hydrogens is 470 g/mol. The van der Waals surface area contributed by atoms with Gasteiger partial charge in [-0.3, -0.25) is 9.80 Å². The van der Waals surface area contributed by atoms with Crippen molar-refractivity contribution >= 4 is 39.3 Å². The number of methoxy groups -OCH3 is 1. The molecule has 1 aliphatic heterocycles. The highest BCUT2D eigenvalue weighted by Crippen LogP contribution is 2.38. The zero-order chi connectivity index (χ0) is 22.5. The van der Waals surface area contributed by atoms with Crippen LogP contribution in [0, 0.1) is 0 Å². The zero-order valence-corrected chi connectivity index (χ0v) is 19.1. The number of halogens is 1. The van der Waals surface area contributed by atoms with Crippen LogP contribution >= 0.6 is 15.9 Å². The van der Waals surface area contributed by atoms with Crippen LogP contribution in [0.4, 0.5) is 5.69 Å². The summed E-state index contributed by atoms with van der Waals surface area (Å²) in [7, 11) is 1.55. The van der Waals surface area contributed by atoms with Gasteiger partial charge in [-0.1, -0.05) is 48.5 Å². The predicted molar refractivity (Wildman–Crippen MR) is 130 cm³/mol. The molecule has 162 valence electrons. The van der Waals surface area contributed by atoms with Crippen LogP contribution in [-0.4, -0.2) is 31.9 Å². The molecule has 7 heteroatoms. The Kier molecular flexibility index (Phi) is 6.56. The van der Waals surface area contributed by atoms with E-state index >= 15 is 0 Å². The Bertz CT molecular complexity index is 1180. The first-order chi connectivity index (χ1) is 15.5. The van der Waals surface area contributed by atoms with Crippen LogP contribution in [0.15, 0.2) is 87.9 Å². The van der Waals surface area contributed by atoms with E-state index in [-0.39, 0.29) is 6.61 Å². The first kappa shape index (κ1) is 21.6.